The van der Waals surface area contributed by atoms with E-state index in [9.17, 15) is 4.79 Å². The second-order valence-corrected chi connectivity index (χ2v) is 9.47. The van der Waals surface area contributed by atoms with Crippen molar-refractivity contribution in [2.75, 3.05) is 50.9 Å². The highest BCUT2D eigenvalue weighted by Gasteiger charge is 2.21. The number of ether oxygens (including phenoxy) is 2. The summed E-state index contributed by atoms with van der Waals surface area (Å²) >= 11 is 7.50. The minimum absolute atomic E-state index is 0.0485. The molecule has 1 aliphatic rings. The largest absolute Gasteiger partial charge is 0.484 e. The van der Waals surface area contributed by atoms with Crippen molar-refractivity contribution >= 4 is 44.2 Å². The van der Waals surface area contributed by atoms with Gasteiger partial charge >= 0.3 is 0 Å². The molecule has 0 saturated carbocycles. The number of fused-ring (bicyclic) bond motifs is 1. The van der Waals surface area contributed by atoms with Crippen LogP contribution in [0.25, 0.3) is 10.2 Å². The van der Waals surface area contributed by atoms with Crippen LogP contribution in [-0.2, 0) is 9.53 Å². The number of hydrogen-bond acceptors (Lipinski definition) is 6. The van der Waals surface area contributed by atoms with Gasteiger partial charge in [-0.1, -0.05) is 29.0 Å². The Morgan fingerprint density at radius 1 is 1.22 bits per heavy atom. The third kappa shape index (κ3) is 5.78. The fourth-order valence-corrected chi connectivity index (χ4v) is 5.14. The van der Waals surface area contributed by atoms with Crippen molar-refractivity contribution in [2.45, 2.75) is 20.3 Å². The zero-order valence-corrected chi connectivity index (χ0v) is 20.0. The normalized spacial score (nSPS) is 14.6. The lowest BCUT2D eigenvalue weighted by atomic mass is 10.1. The van der Waals surface area contributed by atoms with E-state index in [0.29, 0.717) is 17.3 Å². The molecule has 0 N–H and O–H groups in total. The van der Waals surface area contributed by atoms with E-state index < -0.39 is 0 Å². The third-order valence-electron chi connectivity index (χ3n) is 5.49. The van der Waals surface area contributed by atoms with Crippen LogP contribution in [0.1, 0.15) is 17.5 Å². The maximum absolute atomic E-state index is 13.2. The Labute approximate surface area is 197 Å². The number of morpholine rings is 1. The number of aromatic nitrogens is 1. The molecule has 1 saturated heterocycles. The first-order valence-corrected chi connectivity index (χ1v) is 12.1. The second-order valence-electron chi connectivity index (χ2n) is 8.02. The highest BCUT2D eigenvalue weighted by Crippen LogP contribution is 2.32. The molecule has 3 aromatic rings. The topological polar surface area (TPSA) is 54.9 Å². The van der Waals surface area contributed by atoms with Crippen molar-refractivity contribution in [1.29, 1.82) is 0 Å². The van der Waals surface area contributed by atoms with E-state index >= 15 is 0 Å². The van der Waals surface area contributed by atoms with Crippen LogP contribution in [0.15, 0.2) is 36.4 Å². The number of thiazole rings is 1. The molecular weight excluding hydrogens is 446 g/mol. The minimum Gasteiger partial charge on any atom is -0.484 e. The fourth-order valence-electron chi connectivity index (χ4n) is 3.83. The average molecular weight is 474 g/mol. The third-order valence-corrected chi connectivity index (χ3v) is 6.76. The van der Waals surface area contributed by atoms with Gasteiger partial charge in [0.2, 0.25) is 0 Å². The molecule has 0 aliphatic carbocycles. The van der Waals surface area contributed by atoms with E-state index in [1.54, 1.807) is 40.5 Å². The summed E-state index contributed by atoms with van der Waals surface area (Å²) in [6, 6.07) is 11.3. The Kier molecular flexibility index (Phi) is 7.63. The van der Waals surface area contributed by atoms with Gasteiger partial charge in [-0.3, -0.25) is 14.6 Å². The van der Waals surface area contributed by atoms with Crippen LogP contribution in [-0.4, -0.2) is 61.8 Å². The molecule has 1 aromatic heterocycles. The Morgan fingerprint density at radius 3 is 2.72 bits per heavy atom. The Hall–Kier alpha value is -2.19. The molecule has 0 bridgehead atoms. The van der Waals surface area contributed by atoms with E-state index in [-0.39, 0.29) is 12.5 Å². The second kappa shape index (κ2) is 10.6. The van der Waals surface area contributed by atoms with Crippen LogP contribution in [0, 0.1) is 13.8 Å². The van der Waals surface area contributed by atoms with Gasteiger partial charge in [0.15, 0.2) is 11.7 Å². The lowest BCUT2D eigenvalue weighted by molar-refractivity contribution is -0.120. The Morgan fingerprint density at radius 2 is 1.97 bits per heavy atom. The standard InChI is InChI=1S/C24H28ClN3O3S/c1-17-14-18(2)23-21(15-17)32-24(26-23)28(9-3-8-27-10-12-30-13-11-27)22(29)16-31-20-6-4-19(25)5-7-20/h4-7,14-15H,3,8-13,16H2,1-2H3. The van der Waals surface area contributed by atoms with Gasteiger partial charge < -0.3 is 9.47 Å². The lowest BCUT2D eigenvalue weighted by Crippen LogP contribution is -2.40. The van der Waals surface area contributed by atoms with E-state index in [1.165, 1.54) is 5.56 Å². The number of carbonyl (C=O) groups is 1. The van der Waals surface area contributed by atoms with Gasteiger partial charge in [-0.05, 0) is 61.7 Å². The lowest BCUT2D eigenvalue weighted by Gasteiger charge is -2.27. The molecular formula is C24H28ClN3O3S. The summed E-state index contributed by atoms with van der Waals surface area (Å²) in [6.45, 7) is 9.03. The molecule has 8 heteroatoms. The van der Waals surface area contributed by atoms with Gasteiger partial charge in [-0.25, -0.2) is 4.98 Å². The summed E-state index contributed by atoms with van der Waals surface area (Å²) in [5.74, 6) is 0.516. The van der Waals surface area contributed by atoms with E-state index in [1.807, 2.05) is 0 Å². The molecule has 4 rings (SSSR count). The number of amides is 1. The maximum Gasteiger partial charge on any atom is 0.266 e. The van der Waals surface area contributed by atoms with Crippen molar-refractivity contribution in [3.8, 4) is 5.75 Å². The zero-order valence-electron chi connectivity index (χ0n) is 18.5. The van der Waals surface area contributed by atoms with Gasteiger partial charge in [-0.15, -0.1) is 0 Å². The predicted octanol–water partition coefficient (Wildman–Crippen LogP) is 4.70. The van der Waals surface area contributed by atoms with Crippen molar-refractivity contribution < 1.29 is 14.3 Å². The van der Waals surface area contributed by atoms with Gasteiger partial charge in [0.1, 0.15) is 5.75 Å². The van der Waals surface area contributed by atoms with Gasteiger partial charge in [-0.2, -0.15) is 0 Å². The summed E-state index contributed by atoms with van der Waals surface area (Å²) in [6.07, 6.45) is 0.862. The van der Waals surface area contributed by atoms with Crippen molar-refractivity contribution in [1.82, 2.24) is 9.88 Å². The predicted molar refractivity (Wildman–Crippen MR) is 130 cm³/mol. The summed E-state index contributed by atoms with van der Waals surface area (Å²) < 4.78 is 12.3. The molecule has 0 radical (unpaired) electrons. The number of benzene rings is 2. The molecule has 1 aliphatic heterocycles. The molecule has 2 heterocycles. The molecule has 0 atom stereocenters. The van der Waals surface area contributed by atoms with E-state index in [0.717, 1.165) is 60.2 Å². The van der Waals surface area contributed by atoms with Crippen LogP contribution in [0.5, 0.6) is 5.75 Å². The molecule has 170 valence electrons. The first kappa shape index (κ1) is 23.0. The van der Waals surface area contributed by atoms with Gasteiger partial charge in [0.05, 0.1) is 23.4 Å². The zero-order chi connectivity index (χ0) is 22.5. The monoisotopic (exact) mass is 473 g/mol. The van der Waals surface area contributed by atoms with Crippen molar-refractivity contribution in [3.63, 3.8) is 0 Å². The Balaban J connectivity index is 1.49. The SMILES string of the molecule is Cc1cc(C)c2nc(N(CCCN3CCOCC3)C(=O)COc3ccc(Cl)cc3)sc2c1. The summed E-state index contributed by atoms with van der Waals surface area (Å²) in [4.78, 5) is 22.2. The van der Waals surface area contributed by atoms with E-state index in [2.05, 4.69) is 30.9 Å². The quantitative estimate of drug-likeness (QED) is 0.474. The number of nitrogens with zero attached hydrogens (tertiary/aromatic N) is 3. The number of aryl methyl sites for hydroxylation is 2. The van der Waals surface area contributed by atoms with Crippen LogP contribution in [0.3, 0.4) is 0 Å². The minimum atomic E-state index is -0.102. The Bertz CT molecular complexity index is 1060. The fraction of sp³-hybridized carbons (Fsp3) is 0.417. The van der Waals surface area contributed by atoms with Crippen LogP contribution < -0.4 is 9.64 Å². The number of anilines is 1. The van der Waals surface area contributed by atoms with Crippen molar-refractivity contribution in [2.24, 2.45) is 0 Å². The van der Waals surface area contributed by atoms with Crippen LogP contribution in [0.4, 0.5) is 5.13 Å². The summed E-state index contributed by atoms with van der Waals surface area (Å²) in [5, 5.41) is 1.36. The molecule has 0 spiro atoms. The van der Waals surface area contributed by atoms with Gasteiger partial charge in [0, 0.05) is 31.2 Å². The summed E-state index contributed by atoms with van der Waals surface area (Å²) in [5.41, 5.74) is 3.28. The maximum atomic E-state index is 13.2. The molecule has 2 aromatic carbocycles. The molecule has 6 nitrogen and oxygen atoms in total. The average Bonchev–Trinajstić information content (AvgIpc) is 3.21. The number of hydrogen-bond donors (Lipinski definition) is 0. The smallest absolute Gasteiger partial charge is 0.266 e. The highest BCUT2D eigenvalue weighted by atomic mass is 35.5. The van der Waals surface area contributed by atoms with E-state index in [4.69, 9.17) is 26.1 Å². The number of rotatable bonds is 8. The van der Waals surface area contributed by atoms with Gasteiger partial charge in [0.25, 0.3) is 5.91 Å². The first-order valence-electron chi connectivity index (χ1n) is 10.9. The van der Waals surface area contributed by atoms with Crippen molar-refractivity contribution in [3.05, 3.63) is 52.5 Å². The molecule has 0 unspecified atom stereocenters. The first-order chi connectivity index (χ1) is 15.5. The van der Waals surface area contributed by atoms with Crippen LogP contribution >= 0.6 is 22.9 Å². The van der Waals surface area contributed by atoms with Crippen LogP contribution in [0.2, 0.25) is 5.02 Å². The summed E-state index contributed by atoms with van der Waals surface area (Å²) in [7, 11) is 0. The number of carbonyl (C=O) groups excluding carboxylic acids is 1. The number of halogens is 1. The molecule has 1 amide bonds. The molecule has 1 fully saturated rings. The molecule has 32 heavy (non-hydrogen) atoms. The highest BCUT2D eigenvalue weighted by molar-refractivity contribution is 7.22.